The van der Waals surface area contributed by atoms with Gasteiger partial charge < -0.3 is 10.4 Å². The lowest BCUT2D eigenvalue weighted by Crippen LogP contribution is -2.50. The topological polar surface area (TPSA) is 90.5 Å². The Morgan fingerprint density at radius 3 is 2.50 bits per heavy atom. The fraction of sp³-hybridized carbons (Fsp3) is 0.500. The van der Waals surface area contributed by atoms with Crippen LogP contribution in [-0.2, 0) is 16.0 Å². The van der Waals surface area contributed by atoms with Crippen LogP contribution in [-0.4, -0.2) is 35.1 Å². The summed E-state index contributed by atoms with van der Waals surface area (Å²) in [5.41, 5.74) is 6.90. The van der Waals surface area contributed by atoms with Crippen LogP contribution in [0.15, 0.2) is 30.3 Å². The predicted molar refractivity (Wildman–Crippen MR) is 83.0 cm³/mol. The number of hydrogen-bond donors (Lipinski definition) is 4. The maximum Gasteiger partial charge on any atom is 0.326 e. The van der Waals surface area contributed by atoms with E-state index < -0.39 is 18.1 Å². The average molecular weight is 305 g/mol. The zero-order valence-corrected chi connectivity index (χ0v) is 12.9. The number of carboxylic acid groups (broad SMARTS) is 1. The standard InChI is InChI=1S/C16H23N3O3/c1-10(2)12-9-13(19-18-12)15(20)17-14(16(21)22)8-11-6-4-3-5-7-11/h3-7,10,12-14,18-19H,8-9H2,1-2H3,(H,17,20)(H,21,22)/t12?,13?,14-/m0/s1. The Bertz CT molecular complexity index is 519. The van der Waals surface area contributed by atoms with Gasteiger partial charge in [-0.1, -0.05) is 44.2 Å². The van der Waals surface area contributed by atoms with E-state index in [0.717, 1.165) is 5.56 Å². The third kappa shape index (κ3) is 4.29. The third-order valence-corrected chi connectivity index (χ3v) is 3.95. The summed E-state index contributed by atoms with van der Waals surface area (Å²) < 4.78 is 0. The molecule has 1 aliphatic heterocycles. The molecule has 1 aromatic carbocycles. The van der Waals surface area contributed by atoms with Gasteiger partial charge in [-0.2, -0.15) is 0 Å². The first kappa shape index (κ1) is 16.5. The quantitative estimate of drug-likeness (QED) is 0.621. The molecule has 1 aliphatic rings. The maximum absolute atomic E-state index is 12.2. The van der Waals surface area contributed by atoms with E-state index in [0.29, 0.717) is 12.3 Å². The molecule has 1 fully saturated rings. The van der Waals surface area contributed by atoms with Crippen LogP contribution in [0.5, 0.6) is 0 Å². The van der Waals surface area contributed by atoms with Crippen molar-refractivity contribution in [2.45, 2.75) is 44.8 Å². The van der Waals surface area contributed by atoms with Gasteiger partial charge in [0.05, 0.1) is 0 Å². The molecule has 2 unspecified atom stereocenters. The number of rotatable bonds is 6. The van der Waals surface area contributed by atoms with Crippen molar-refractivity contribution in [1.29, 1.82) is 0 Å². The number of hydrazine groups is 1. The lowest BCUT2D eigenvalue weighted by molar-refractivity contribution is -0.142. The van der Waals surface area contributed by atoms with Crippen LogP contribution < -0.4 is 16.2 Å². The van der Waals surface area contributed by atoms with Crippen molar-refractivity contribution in [3.05, 3.63) is 35.9 Å². The first-order valence-electron chi connectivity index (χ1n) is 7.55. The molecule has 1 heterocycles. The molecule has 0 aliphatic carbocycles. The van der Waals surface area contributed by atoms with E-state index in [4.69, 9.17) is 0 Å². The molecule has 6 nitrogen and oxygen atoms in total. The molecule has 0 aromatic heterocycles. The lowest BCUT2D eigenvalue weighted by atomic mass is 9.99. The Morgan fingerprint density at radius 1 is 1.27 bits per heavy atom. The number of aliphatic carboxylic acids is 1. The predicted octanol–water partition coefficient (Wildman–Crippen LogP) is 0.690. The highest BCUT2D eigenvalue weighted by atomic mass is 16.4. The smallest absolute Gasteiger partial charge is 0.326 e. The molecular formula is C16H23N3O3. The lowest BCUT2D eigenvalue weighted by Gasteiger charge is -2.17. The average Bonchev–Trinajstić information content (AvgIpc) is 2.97. The summed E-state index contributed by atoms with van der Waals surface area (Å²) in [5, 5.41) is 11.9. The Balaban J connectivity index is 1.94. The Labute approximate surface area is 130 Å². The zero-order valence-electron chi connectivity index (χ0n) is 12.9. The molecule has 0 radical (unpaired) electrons. The number of benzene rings is 1. The van der Waals surface area contributed by atoms with Crippen LogP contribution >= 0.6 is 0 Å². The molecule has 3 atom stereocenters. The summed E-state index contributed by atoms with van der Waals surface area (Å²) in [7, 11) is 0. The maximum atomic E-state index is 12.2. The molecule has 6 heteroatoms. The fourth-order valence-corrected chi connectivity index (χ4v) is 2.51. The fourth-order valence-electron chi connectivity index (χ4n) is 2.51. The van der Waals surface area contributed by atoms with Gasteiger partial charge in [-0.15, -0.1) is 0 Å². The van der Waals surface area contributed by atoms with Gasteiger partial charge in [0.1, 0.15) is 12.1 Å². The van der Waals surface area contributed by atoms with Crippen molar-refractivity contribution in [3.63, 3.8) is 0 Å². The van der Waals surface area contributed by atoms with Crippen LogP contribution in [0.2, 0.25) is 0 Å². The summed E-state index contributed by atoms with van der Waals surface area (Å²) in [6, 6.07) is 8.18. The summed E-state index contributed by atoms with van der Waals surface area (Å²) in [6.07, 6.45) is 0.927. The van der Waals surface area contributed by atoms with E-state index >= 15 is 0 Å². The summed E-state index contributed by atoms with van der Waals surface area (Å²) in [6.45, 7) is 4.16. The van der Waals surface area contributed by atoms with Crippen LogP contribution in [0.3, 0.4) is 0 Å². The van der Waals surface area contributed by atoms with Gasteiger partial charge >= 0.3 is 5.97 Å². The van der Waals surface area contributed by atoms with Gasteiger partial charge in [-0.05, 0) is 17.9 Å². The molecule has 120 valence electrons. The Hall–Kier alpha value is -1.92. The van der Waals surface area contributed by atoms with Crippen LogP contribution in [0.4, 0.5) is 0 Å². The van der Waals surface area contributed by atoms with Crippen molar-refractivity contribution >= 4 is 11.9 Å². The zero-order chi connectivity index (χ0) is 16.1. The van der Waals surface area contributed by atoms with Crippen LogP contribution in [0.1, 0.15) is 25.8 Å². The second-order valence-corrected chi connectivity index (χ2v) is 6.02. The number of nitrogens with one attached hydrogen (secondary N) is 3. The minimum absolute atomic E-state index is 0.216. The Kier molecular flexibility index (Phi) is 5.51. The summed E-state index contributed by atoms with van der Waals surface area (Å²) >= 11 is 0. The minimum atomic E-state index is -1.02. The molecule has 4 N–H and O–H groups in total. The highest BCUT2D eigenvalue weighted by Gasteiger charge is 2.32. The van der Waals surface area contributed by atoms with Gasteiger partial charge in [0.2, 0.25) is 5.91 Å². The molecule has 1 aromatic rings. The molecular weight excluding hydrogens is 282 g/mol. The van der Waals surface area contributed by atoms with E-state index in [9.17, 15) is 14.7 Å². The van der Waals surface area contributed by atoms with Crippen molar-refractivity contribution < 1.29 is 14.7 Å². The normalized spacial score (nSPS) is 22.5. The second kappa shape index (κ2) is 7.38. The number of amides is 1. The van der Waals surface area contributed by atoms with Crippen LogP contribution in [0, 0.1) is 5.92 Å². The molecule has 1 amide bonds. The van der Waals surface area contributed by atoms with Crippen LogP contribution in [0.25, 0.3) is 0 Å². The van der Waals surface area contributed by atoms with Gasteiger partial charge in [-0.25, -0.2) is 10.2 Å². The number of carbonyl (C=O) groups is 2. The van der Waals surface area contributed by atoms with Gasteiger partial charge in [0.15, 0.2) is 0 Å². The van der Waals surface area contributed by atoms with E-state index in [-0.39, 0.29) is 18.4 Å². The monoisotopic (exact) mass is 305 g/mol. The summed E-state index contributed by atoms with van der Waals surface area (Å²) in [4.78, 5) is 23.6. The molecule has 1 saturated heterocycles. The molecule has 0 saturated carbocycles. The first-order valence-corrected chi connectivity index (χ1v) is 7.55. The minimum Gasteiger partial charge on any atom is -0.480 e. The molecule has 0 spiro atoms. The van der Waals surface area contributed by atoms with E-state index in [1.54, 1.807) is 0 Å². The van der Waals surface area contributed by atoms with Crippen molar-refractivity contribution in [3.8, 4) is 0 Å². The van der Waals surface area contributed by atoms with E-state index in [2.05, 4.69) is 30.0 Å². The largest absolute Gasteiger partial charge is 0.480 e. The van der Waals surface area contributed by atoms with E-state index in [1.165, 1.54) is 0 Å². The molecule has 2 rings (SSSR count). The second-order valence-electron chi connectivity index (χ2n) is 6.02. The number of hydrogen-bond acceptors (Lipinski definition) is 4. The van der Waals surface area contributed by atoms with E-state index in [1.807, 2.05) is 30.3 Å². The number of carbonyl (C=O) groups excluding carboxylic acids is 1. The van der Waals surface area contributed by atoms with Gasteiger partial charge in [0.25, 0.3) is 0 Å². The van der Waals surface area contributed by atoms with Gasteiger partial charge in [-0.3, -0.25) is 10.2 Å². The highest BCUT2D eigenvalue weighted by molar-refractivity contribution is 5.87. The Morgan fingerprint density at radius 2 is 1.95 bits per heavy atom. The van der Waals surface area contributed by atoms with Crippen molar-refractivity contribution in [2.75, 3.05) is 0 Å². The van der Waals surface area contributed by atoms with Crippen molar-refractivity contribution in [2.24, 2.45) is 5.92 Å². The SMILES string of the molecule is CC(C)C1CC(C(=O)N[C@@H](Cc2ccccc2)C(=O)O)NN1. The molecule has 0 bridgehead atoms. The summed E-state index contributed by atoms with van der Waals surface area (Å²) in [5.74, 6) is -0.896. The van der Waals surface area contributed by atoms with Crippen molar-refractivity contribution in [1.82, 2.24) is 16.2 Å². The first-order chi connectivity index (χ1) is 10.5. The highest BCUT2D eigenvalue weighted by Crippen LogP contribution is 2.13. The molecule has 22 heavy (non-hydrogen) atoms. The third-order valence-electron chi connectivity index (χ3n) is 3.95. The van der Waals surface area contributed by atoms with Gasteiger partial charge in [0, 0.05) is 12.5 Å². The number of carboxylic acids is 1.